The average Bonchev–Trinajstić information content (AvgIpc) is 3.29. The summed E-state index contributed by atoms with van der Waals surface area (Å²) in [5, 5.41) is 14.4. The highest BCUT2D eigenvalue weighted by Crippen LogP contribution is 2.39. The summed E-state index contributed by atoms with van der Waals surface area (Å²) in [6.07, 6.45) is 3.09. The highest BCUT2D eigenvalue weighted by molar-refractivity contribution is 6.42. The number of aliphatic hydroxyl groups is 1. The van der Waals surface area contributed by atoms with Crippen LogP contribution in [0.3, 0.4) is 0 Å². The van der Waals surface area contributed by atoms with Gasteiger partial charge in [0.2, 0.25) is 0 Å². The molecule has 2 aliphatic rings. The molecule has 1 aliphatic heterocycles. The van der Waals surface area contributed by atoms with E-state index in [4.69, 9.17) is 23.2 Å². The molecule has 32 heavy (non-hydrogen) atoms. The Kier molecular flexibility index (Phi) is 6.50. The maximum Gasteiger partial charge on any atom is 0.290 e. The Morgan fingerprint density at radius 1 is 1.22 bits per heavy atom. The minimum Gasteiger partial charge on any atom is -0.503 e. The second kappa shape index (κ2) is 9.16. The van der Waals surface area contributed by atoms with Crippen LogP contribution in [0.15, 0.2) is 47.7 Å². The Bertz CT molecular complexity index is 1110. The molecule has 0 spiro atoms. The normalized spacial score (nSPS) is 18.8. The third-order valence-electron chi connectivity index (χ3n) is 6.30. The summed E-state index contributed by atoms with van der Waals surface area (Å²) in [7, 11) is 0. The number of rotatable bonds is 6. The SMILES string of the molecule is Cc1ccc2c(c1)[C@H](N1CC(C(=O)NC(C)CCc3ccc(Cl)c(Cl)c3)=C(O)C1=O)CC2. The van der Waals surface area contributed by atoms with Crippen LogP contribution in [0.25, 0.3) is 0 Å². The van der Waals surface area contributed by atoms with Crippen LogP contribution in [0.2, 0.25) is 10.0 Å². The molecule has 1 aliphatic carbocycles. The van der Waals surface area contributed by atoms with Crippen molar-refractivity contribution in [1.82, 2.24) is 10.2 Å². The summed E-state index contributed by atoms with van der Waals surface area (Å²) in [5.74, 6) is -1.32. The van der Waals surface area contributed by atoms with E-state index in [1.807, 2.05) is 26.0 Å². The number of hydrogen-bond donors (Lipinski definition) is 2. The molecule has 0 bridgehead atoms. The monoisotopic (exact) mass is 472 g/mol. The second-order valence-corrected chi connectivity index (χ2v) is 9.49. The Balaban J connectivity index is 1.38. The summed E-state index contributed by atoms with van der Waals surface area (Å²) in [5.41, 5.74) is 4.63. The van der Waals surface area contributed by atoms with Gasteiger partial charge in [-0.3, -0.25) is 9.59 Å². The van der Waals surface area contributed by atoms with Crippen LogP contribution in [0.5, 0.6) is 0 Å². The van der Waals surface area contributed by atoms with E-state index in [1.165, 1.54) is 5.56 Å². The number of fused-ring (bicyclic) bond motifs is 1. The fraction of sp³-hybridized carbons (Fsp3) is 0.360. The molecule has 4 rings (SSSR count). The van der Waals surface area contributed by atoms with Gasteiger partial charge in [-0.2, -0.15) is 0 Å². The standard InChI is InChI=1S/C25H26Cl2N2O3/c1-14-3-7-17-8-10-22(18(17)11-14)29-13-19(23(30)25(29)32)24(31)28-15(2)4-5-16-6-9-20(26)21(27)12-16/h3,6-7,9,11-12,15,22,30H,4-5,8,10,13H2,1-2H3,(H,28,31)/t15?,22-/m1/s1. The van der Waals surface area contributed by atoms with Crippen molar-refractivity contribution in [3.05, 3.63) is 80.0 Å². The molecule has 2 atom stereocenters. The molecule has 1 heterocycles. The van der Waals surface area contributed by atoms with Crippen LogP contribution in [-0.2, 0) is 22.4 Å². The van der Waals surface area contributed by atoms with Crippen molar-refractivity contribution in [3.8, 4) is 0 Å². The fourth-order valence-electron chi connectivity index (χ4n) is 4.50. The van der Waals surface area contributed by atoms with Crippen molar-refractivity contribution >= 4 is 35.0 Å². The molecule has 7 heteroatoms. The van der Waals surface area contributed by atoms with E-state index in [0.717, 1.165) is 29.5 Å². The van der Waals surface area contributed by atoms with Gasteiger partial charge in [-0.1, -0.05) is 53.0 Å². The van der Waals surface area contributed by atoms with E-state index in [9.17, 15) is 14.7 Å². The number of aryl methyl sites for hydroxylation is 3. The van der Waals surface area contributed by atoms with Gasteiger partial charge >= 0.3 is 0 Å². The highest BCUT2D eigenvalue weighted by atomic mass is 35.5. The molecule has 0 aromatic heterocycles. The van der Waals surface area contributed by atoms with E-state index in [-0.39, 0.29) is 24.2 Å². The van der Waals surface area contributed by atoms with Crippen LogP contribution in [0.4, 0.5) is 0 Å². The highest BCUT2D eigenvalue weighted by Gasteiger charge is 2.40. The Morgan fingerprint density at radius 3 is 2.75 bits per heavy atom. The van der Waals surface area contributed by atoms with Crippen molar-refractivity contribution < 1.29 is 14.7 Å². The molecular formula is C25H26Cl2N2O3. The third kappa shape index (κ3) is 4.50. The first kappa shape index (κ1) is 22.7. The number of amides is 2. The molecule has 2 amide bonds. The van der Waals surface area contributed by atoms with Crippen LogP contribution in [0, 0.1) is 6.92 Å². The van der Waals surface area contributed by atoms with Crippen LogP contribution >= 0.6 is 23.2 Å². The molecule has 2 aromatic rings. The van der Waals surface area contributed by atoms with Gasteiger partial charge < -0.3 is 15.3 Å². The molecule has 0 saturated carbocycles. The van der Waals surface area contributed by atoms with Crippen LogP contribution < -0.4 is 5.32 Å². The lowest BCUT2D eigenvalue weighted by Gasteiger charge is -2.25. The Labute approximate surface area is 198 Å². The van der Waals surface area contributed by atoms with Crippen LogP contribution in [-0.4, -0.2) is 34.4 Å². The summed E-state index contributed by atoms with van der Waals surface area (Å²) in [4.78, 5) is 27.2. The van der Waals surface area contributed by atoms with Crippen molar-refractivity contribution in [1.29, 1.82) is 0 Å². The lowest BCUT2D eigenvalue weighted by Crippen LogP contribution is -2.36. The summed E-state index contributed by atoms with van der Waals surface area (Å²) < 4.78 is 0. The number of aliphatic hydroxyl groups excluding tert-OH is 1. The smallest absolute Gasteiger partial charge is 0.290 e. The van der Waals surface area contributed by atoms with Crippen molar-refractivity contribution in [2.45, 2.75) is 51.6 Å². The fourth-order valence-corrected chi connectivity index (χ4v) is 4.82. The maximum atomic E-state index is 12.8. The minimum absolute atomic E-state index is 0.114. The summed E-state index contributed by atoms with van der Waals surface area (Å²) in [6, 6.07) is 11.5. The molecule has 0 fully saturated rings. The second-order valence-electron chi connectivity index (χ2n) is 8.68. The lowest BCUT2D eigenvalue weighted by atomic mass is 10.0. The molecule has 168 valence electrons. The molecule has 2 aromatic carbocycles. The van der Waals surface area contributed by atoms with Crippen LogP contribution in [0.1, 0.15) is 48.1 Å². The van der Waals surface area contributed by atoms with Gasteiger partial charge in [-0.05, 0) is 68.4 Å². The number of carbonyl (C=O) groups excluding carboxylic acids is 2. The van der Waals surface area contributed by atoms with Gasteiger partial charge in [0, 0.05) is 6.04 Å². The number of hydrogen-bond acceptors (Lipinski definition) is 3. The van der Waals surface area contributed by atoms with Gasteiger partial charge in [0.1, 0.15) is 0 Å². The van der Waals surface area contributed by atoms with E-state index < -0.39 is 17.6 Å². The first-order valence-corrected chi connectivity index (χ1v) is 11.6. The van der Waals surface area contributed by atoms with Crippen molar-refractivity contribution in [3.63, 3.8) is 0 Å². The predicted octanol–water partition coefficient (Wildman–Crippen LogP) is 5.08. The number of benzene rings is 2. The number of nitrogens with one attached hydrogen (secondary N) is 1. The summed E-state index contributed by atoms with van der Waals surface area (Å²) in [6.45, 7) is 4.04. The number of carbonyl (C=O) groups is 2. The minimum atomic E-state index is -0.474. The van der Waals surface area contributed by atoms with Gasteiger partial charge in [0.25, 0.3) is 11.8 Å². The van der Waals surface area contributed by atoms with Gasteiger partial charge in [-0.15, -0.1) is 0 Å². The lowest BCUT2D eigenvalue weighted by molar-refractivity contribution is -0.130. The molecule has 2 N–H and O–H groups in total. The van der Waals surface area contributed by atoms with E-state index in [2.05, 4.69) is 23.5 Å². The van der Waals surface area contributed by atoms with E-state index in [1.54, 1.807) is 11.0 Å². The summed E-state index contributed by atoms with van der Waals surface area (Å²) >= 11 is 12.0. The molecule has 1 unspecified atom stereocenters. The Morgan fingerprint density at radius 2 is 2.00 bits per heavy atom. The van der Waals surface area contributed by atoms with Crippen molar-refractivity contribution in [2.24, 2.45) is 0 Å². The molecule has 0 radical (unpaired) electrons. The molecule has 0 saturated heterocycles. The zero-order valence-electron chi connectivity index (χ0n) is 18.1. The largest absolute Gasteiger partial charge is 0.503 e. The number of halogens is 2. The molecule has 5 nitrogen and oxygen atoms in total. The topological polar surface area (TPSA) is 69.6 Å². The predicted molar refractivity (Wildman–Crippen MR) is 126 cm³/mol. The Hall–Kier alpha value is -2.50. The molecular weight excluding hydrogens is 447 g/mol. The zero-order valence-corrected chi connectivity index (χ0v) is 19.6. The first-order valence-electron chi connectivity index (χ1n) is 10.8. The van der Waals surface area contributed by atoms with E-state index in [0.29, 0.717) is 22.9 Å². The van der Waals surface area contributed by atoms with Crippen molar-refractivity contribution in [2.75, 3.05) is 6.54 Å². The van der Waals surface area contributed by atoms with Gasteiger partial charge in [0.15, 0.2) is 5.76 Å². The average molecular weight is 473 g/mol. The van der Waals surface area contributed by atoms with Gasteiger partial charge in [0.05, 0.1) is 28.2 Å². The zero-order chi connectivity index (χ0) is 23.0. The van der Waals surface area contributed by atoms with E-state index >= 15 is 0 Å². The number of nitrogens with zero attached hydrogens (tertiary/aromatic N) is 1. The van der Waals surface area contributed by atoms with Gasteiger partial charge in [-0.25, -0.2) is 0 Å². The third-order valence-corrected chi connectivity index (χ3v) is 7.04. The quantitative estimate of drug-likeness (QED) is 0.615. The maximum absolute atomic E-state index is 12.8. The first-order chi connectivity index (χ1) is 15.2.